The predicted octanol–water partition coefficient (Wildman–Crippen LogP) is 7.24. The first-order valence-electron chi connectivity index (χ1n) is 17.1. The number of hydrogen-bond donors (Lipinski definition) is 3. The summed E-state index contributed by atoms with van der Waals surface area (Å²) in [5, 5.41) is 7.22. The maximum atomic E-state index is 13.4. The molecule has 2 fully saturated rings. The zero-order valence-electron chi connectivity index (χ0n) is 28.8. The minimum absolute atomic E-state index is 0.0872. The van der Waals surface area contributed by atoms with Gasteiger partial charge >= 0.3 is 12.1 Å². The highest BCUT2D eigenvalue weighted by Crippen LogP contribution is 2.39. The van der Waals surface area contributed by atoms with E-state index >= 15 is 0 Å². The third kappa shape index (κ3) is 8.55. The summed E-state index contributed by atoms with van der Waals surface area (Å²) in [5.41, 5.74) is 5.50. The molecule has 4 aromatic carbocycles. The number of amides is 5. The van der Waals surface area contributed by atoms with Crippen LogP contribution in [-0.4, -0.2) is 64.9 Å². The lowest BCUT2D eigenvalue weighted by atomic mass is 10.1. The lowest BCUT2D eigenvalue weighted by molar-refractivity contribution is -0.130. The molecule has 3 N–H and O–H groups in total. The average Bonchev–Trinajstić information content (AvgIpc) is 3.54. The number of carbonyl (C=O) groups is 3. The van der Waals surface area contributed by atoms with Crippen LogP contribution in [0.4, 0.5) is 19.7 Å². The minimum Gasteiger partial charge on any atom is -0.493 e. The van der Waals surface area contributed by atoms with Crippen LogP contribution < -0.4 is 30.3 Å². The molecule has 14 heteroatoms. The van der Waals surface area contributed by atoms with Gasteiger partial charge in [0, 0.05) is 55.8 Å². The molecule has 0 saturated carbocycles. The van der Waals surface area contributed by atoms with Gasteiger partial charge in [0.25, 0.3) is 5.91 Å². The van der Waals surface area contributed by atoms with E-state index in [1.807, 2.05) is 47.4 Å². The molecule has 2 saturated heterocycles. The smallest absolute Gasteiger partial charge is 0.338 e. The summed E-state index contributed by atoms with van der Waals surface area (Å²) >= 11 is 1.34. The van der Waals surface area contributed by atoms with E-state index in [0.29, 0.717) is 77.6 Å². The number of hydrazine groups is 1. The second-order valence-electron chi connectivity index (χ2n) is 12.4. The van der Waals surface area contributed by atoms with Crippen molar-refractivity contribution in [1.82, 2.24) is 25.6 Å². The molecule has 1 aromatic heterocycles. The first-order valence-corrected chi connectivity index (χ1v) is 18.1. The van der Waals surface area contributed by atoms with Crippen molar-refractivity contribution in [2.45, 2.75) is 30.9 Å². The van der Waals surface area contributed by atoms with E-state index in [-0.39, 0.29) is 29.6 Å². The number of rotatable bonds is 10. The number of halogens is 1. The van der Waals surface area contributed by atoms with E-state index in [1.165, 1.54) is 28.9 Å². The van der Waals surface area contributed by atoms with Crippen molar-refractivity contribution in [2.24, 2.45) is 0 Å². The summed E-state index contributed by atoms with van der Waals surface area (Å²) in [4.78, 5) is 44.4. The van der Waals surface area contributed by atoms with Crippen molar-refractivity contribution in [3.05, 3.63) is 120 Å². The molecule has 0 spiro atoms. The lowest BCUT2D eigenvalue weighted by Crippen LogP contribution is -2.46. The number of thioether (sulfide) groups is 1. The van der Waals surface area contributed by atoms with Crippen LogP contribution in [0, 0.1) is 5.82 Å². The SMILES string of the molecule is COc1cc2c(Oc3ccc(NC(=O)NN4C(=O)CSC4c4ccc(F)cc4)cc3)ccnc2cc1OC1CCN(C(=O)NCc2ccccc2)CC1. The van der Waals surface area contributed by atoms with Gasteiger partial charge in [-0.05, 0) is 59.7 Å². The van der Waals surface area contributed by atoms with Crippen molar-refractivity contribution >= 4 is 46.3 Å². The van der Waals surface area contributed by atoms with E-state index in [2.05, 4.69) is 21.0 Å². The van der Waals surface area contributed by atoms with Crippen LogP contribution in [0.2, 0.25) is 0 Å². The van der Waals surface area contributed by atoms with Gasteiger partial charge in [-0.2, -0.15) is 0 Å². The van der Waals surface area contributed by atoms with Gasteiger partial charge in [0.1, 0.15) is 28.8 Å². The Hall–Kier alpha value is -6.02. The van der Waals surface area contributed by atoms with Gasteiger partial charge < -0.3 is 29.7 Å². The third-order valence-electron chi connectivity index (χ3n) is 8.88. The number of nitrogens with zero attached hydrogens (tertiary/aromatic N) is 3. The number of likely N-dealkylation sites (tertiary alicyclic amines) is 1. The van der Waals surface area contributed by atoms with Gasteiger partial charge in [0.2, 0.25) is 0 Å². The van der Waals surface area contributed by atoms with Gasteiger partial charge in [0.15, 0.2) is 11.5 Å². The van der Waals surface area contributed by atoms with Crippen molar-refractivity contribution in [3.8, 4) is 23.0 Å². The Labute approximate surface area is 309 Å². The van der Waals surface area contributed by atoms with Crippen molar-refractivity contribution < 1.29 is 33.0 Å². The second kappa shape index (κ2) is 16.1. The Kier molecular flexibility index (Phi) is 10.8. The van der Waals surface area contributed by atoms with Gasteiger partial charge in [-0.25, -0.2) is 24.4 Å². The third-order valence-corrected chi connectivity index (χ3v) is 10.1. The molecule has 3 heterocycles. The Morgan fingerprint density at radius 1 is 0.925 bits per heavy atom. The normalized spacial score (nSPS) is 16.0. The number of aromatic nitrogens is 1. The van der Waals surface area contributed by atoms with Gasteiger partial charge in [-0.15, -0.1) is 11.8 Å². The Balaban J connectivity index is 0.946. The lowest BCUT2D eigenvalue weighted by Gasteiger charge is -2.32. The fourth-order valence-corrected chi connectivity index (χ4v) is 7.24. The number of benzene rings is 4. The molecule has 1 atom stereocenters. The monoisotopic (exact) mass is 736 g/mol. The number of pyridine rings is 1. The molecule has 2 aliphatic rings. The fraction of sp³-hybridized carbons (Fsp3) is 0.231. The Morgan fingerprint density at radius 3 is 2.42 bits per heavy atom. The highest BCUT2D eigenvalue weighted by atomic mass is 32.2. The Bertz CT molecular complexity index is 2080. The zero-order valence-corrected chi connectivity index (χ0v) is 29.6. The molecule has 5 aromatic rings. The number of methoxy groups -OCH3 is 1. The molecule has 5 amide bonds. The molecule has 7 rings (SSSR count). The molecule has 0 bridgehead atoms. The summed E-state index contributed by atoms with van der Waals surface area (Å²) in [7, 11) is 1.58. The van der Waals surface area contributed by atoms with Crippen LogP contribution in [0.15, 0.2) is 103 Å². The molecule has 0 radical (unpaired) electrons. The number of ether oxygens (including phenoxy) is 3. The van der Waals surface area contributed by atoms with Crippen LogP contribution in [0.25, 0.3) is 10.9 Å². The molecule has 12 nitrogen and oxygen atoms in total. The average molecular weight is 737 g/mol. The van der Waals surface area contributed by atoms with Crippen LogP contribution >= 0.6 is 11.8 Å². The van der Waals surface area contributed by atoms with Crippen LogP contribution in [0.5, 0.6) is 23.0 Å². The van der Waals surface area contributed by atoms with Crippen molar-refractivity contribution in [3.63, 3.8) is 0 Å². The van der Waals surface area contributed by atoms with Crippen molar-refractivity contribution in [1.29, 1.82) is 0 Å². The van der Waals surface area contributed by atoms with E-state index in [9.17, 15) is 18.8 Å². The maximum absolute atomic E-state index is 13.4. The Morgan fingerprint density at radius 2 is 1.68 bits per heavy atom. The quantitative estimate of drug-likeness (QED) is 0.137. The van der Waals surface area contributed by atoms with Crippen LogP contribution in [0.1, 0.15) is 29.3 Å². The van der Waals surface area contributed by atoms with Gasteiger partial charge in [0.05, 0.1) is 18.4 Å². The number of anilines is 1. The maximum Gasteiger partial charge on any atom is 0.338 e. The number of fused-ring (bicyclic) bond motifs is 1. The summed E-state index contributed by atoms with van der Waals surface area (Å²) < 4.78 is 31.7. The summed E-state index contributed by atoms with van der Waals surface area (Å²) in [5.74, 6) is 1.70. The molecular weight excluding hydrogens is 700 g/mol. The van der Waals surface area contributed by atoms with Gasteiger partial charge in [-0.3, -0.25) is 9.78 Å². The first kappa shape index (κ1) is 35.4. The molecule has 2 aliphatic heterocycles. The highest BCUT2D eigenvalue weighted by Gasteiger charge is 2.34. The standard InChI is InChI=1S/C39H37FN6O6S/c1-50-34-21-31-32(22-35(34)52-30-16-19-45(20-17-30)39(49)42-23-25-5-3-2-4-6-25)41-18-15-33(31)51-29-13-11-28(12-14-29)43-38(48)44-46-36(47)24-53-37(46)26-7-9-27(40)10-8-26/h2-15,18,21-22,30,37H,16-17,19-20,23-24H2,1H3,(H,42,49)(H2,43,44,48). The second-order valence-corrected chi connectivity index (χ2v) is 13.5. The summed E-state index contributed by atoms with van der Waals surface area (Å²) in [6, 6.07) is 27.2. The molecule has 1 unspecified atom stereocenters. The molecule has 272 valence electrons. The van der Waals surface area contributed by atoms with E-state index in [4.69, 9.17) is 14.2 Å². The van der Waals surface area contributed by atoms with Crippen LogP contribution in [-0.2, 0) is 11.3 Å². The highest BCUT2D eigenvalue weighted by molar-refractivity contribution is 8.00. The summed E-state index contributed by atoms with van der Waals surface area (Å²) in [6.07, 6.45) is 2.90. The van der Waals surface area contributed by atoms with Crippen LogP contribution in [0.3, 0.4) is 0 Å². The number of nitrogens with one attached hydrogen (secondary N) is 3. The fourth-order valence-electron chi connectivity index (χ4n) is 6.13. The number of piperidine rings is 1. The number of hydrogen-bond acceptors (Lipinski definition) is 8. The number of urea groups is 2. The van der Waals surface area contributed by atoms with E-state index in [0.717, 1.165) is 5.56 Å². The topological polar surface area (TPSA) is 134 Å². The summed E-state index contributed by atoms with van der Waals surface area (Å²) in [6.45, 7) is 1.63. The van der Waals surface area contributed by atoms with Crippen molar-refractivity contribution in [2.75, 3.05) is 31.3 Å². The zero-order chi connectivity index (χ0) is 36.7. The molecular formula is C39H37FN6O6S. The molecule has 53 heavy (non-hydrogen) atoms. The van der Waals surface area contributed by atoms with E-state index in [1.54, 1.807) is 55.8 Å². The number of carbonyl (C=O) groups excluding carboxylic acids is 3. The van der Waals surface area contributed by atoms with Gasteiger partial charge in [-0.1, -0.05) is 42.5 Å². The molecule has 0 aliphatic carbocycles. The largest absolute Gasteiger partial charge is 0.493 e. The van der Waals surface area contributed by atoms with E-state index < -0.39 is 11.4 Å². The predicted molar refractivity (Wildman–Crippen MR) is 199 cm³/mol. The first-order chi connectivity index (χ1) is 25.8. The minimum atomic E-state index is -0.596.